The Balaban J connectivity index is 4.06. The molecule has 0 radical (unpaired) electrons. The van der Waals surface area contributed by atoms with E-state index in [1.807, 2.05) is 21.1 Å². The van der Waals surface area contributed by atoms with Crippen molar-refractivity contribution >= 4 is 17.9 Å². The van der Waals surface area contributed by atoms with Crippen molar-refractivity contribution < 1.29 is 42.9 Å². The number of carboxylic acid groups (broad SMARTS) is 1. The number of unbranched alkanes of at least 4 members (excludes halogenated alkanes) is 32. The number of esters is 2. The number of nitrogens with zero attached hydrogens (tertiary/aromatic N) is 1. The second kappa shape index (κ2) is 75.0. The number of likely N-dealkylation sites (N-methyl/N-ethyl adjacent to an activating group) is 1. The number of ether oxygens (including phenoxy) is 4. The molecule has 0 aliphatic carbocycles. The molecule has 0 aliphatic rings. The van der Waals surface area contributed by atoms with Crippen molar-refractivity contribution in [1.29, 1.82) is 0 Å². The molecule has 0 spiro atoms. The number of rotatable bonds is 71. The van der Waals surface area contributed by atoms with Crippen LogP contribution >= 0.6 is 0 Å². The topological polar surface area (TPSA) is 108 Å². The minimum atomic E-state index is -1.52. The van der Waals surface area contributed by atoms with Crippen LogP contribution in [0.5, 0.6) is 0 Å². The molecular formula is C86H146NO8+. The second-order valence-corrected chi connectivity index (χ2v) is 26.9. The van der Waals surface area contributed by atoms with Gasteiger partial charge in [-0.25, -0.2) is 4.79 Å². The summed E-state index contributed by atoms with van der Waals surface area (Å²) in [6, 6.07) is 0. The molecule has 0 aromatic carbocycles. The Hall–Kier alpha value is -4.83. The summed E-state index contributed by atoms with van der Waals surface area (Å²) in [6.45, 7) is 4.67. The largest absolute Gasteiger partial charge is 0.477 e. The maximum absolute atomic E-state index is 13.0. The number of carbonyl (C=O) groups excluding carboxylic acids is 2. The summed E-state index contributed by atoms with van der Waals surface area (Å²) in [7, 11) is 5.98. The van der Waals surface area contributed by atoms with Crippen molar-refractivity contribution in [3.63, 3.8) is 0 Å². The third-order valence-corrected chi connectivity index (χ3v) is 16.6. The van der Waals surface area contributed by atoms with Crippen LogP contribution in [0.25, 0.3) is 0 Å². The quantitative estimate of drug-likeness (QED) is 0.0211. The van der Waals surface area contributed by atoms with Gasteiger partial charge < -0.3 is 28.5 Å². The second-order valence-electron chi connectivity index (χ2n) is 26.9. The molecule has 0 aromatic rings. The van der Waals surface area contributed by atoms with Gasteiger partial charge in [-0.05, 0) is 116 Å². The van der Waals surface area contributed by atoms with Crippen molar-refractivity contribution in [3.05, 3.63) is 146 Å². The molecule has 0 amide bonds. The van der Waals surface area contributed by atoms with Gasteiger partial charge in [-0.2, -0.15) is 0 Å². The summed E-state index contributed by atoms with van der Waals surface area (Å²) in [5, 5.41) is 9.77. The summed E-state index contributed by atoms with van der Waals surface area (Å²) < 4.78 is 23.0. The molecule has 0 bridgehead atoms. The third kappa shape index (κ3) is 76.4. The van der Waals surface area contributed by atoms with Gasteiger partial charge in [0.15, 0.2) is 6.10 Å². The molecule has 2 atom stereocenters. The minimum Gasteiger partial charge on any atom is -0.477 e. The molecule has 0 saturated carbocycles. The lowest BCUT2D eigenvalue weighted by Crippen LogP contribution is -2.40. The van der Waals surface area contributed by atoms with Gasteiger partial charge in [0.25, 0.3) is 6.29 Å². The molecule has 9 nitrogen and oxygen atoms in total. The number of allylic oxidation sites excluding steroid dienone is 24. The number of hydrogen-bond donors (Lipinski definition) is 1. The van der Waals surface area contributed by atoms with Crippen molar-refractivity contribution in [1.82, 2.24) is 0 Å². The van der Waals surface area contributed by atoms with E-state index in [9.17, 15) is 19.5 Å². The van der Waals surface area contributed by atoms with Crippen LogP contribution in [0.3, 0.4) is 0 Å². The van der Waals surface area contributed by atoms with Crippen LogP contribution in [0.4, 0.5) is 0 Å². The van der Waals surface area contributed by atoms with Crippen LogP contribution in [0.1, 0.15) is 322 Å². The zero-order chi connectivity index (χ0) is 69.0. The van der Waals surface area contributed by atoms with Gasteiger partial charge in [-0.1, -0.05) is 339 Å². The van der Waals surface area contributed by atoms with Crippen LogP contribution in [-0.4, -0.2) is 87.4 Å². The zero-order valence-corrected chi connectivity index (χ0v) is 62.0. The van der Waals surface area contributed by atoms with Gasteiger partial charge in [-0.3, -0.25) is 9.59 Å². The first-order valence-electron chi connectivity index (χ1n) is 39.0. The number of hydrogen-bond acceptors (Lipinski definition) is 7. The van der Waals surface area contributed by atoms with E-state index in [1.165, 1.54) is 167 Å². The first-order valence-corrected chi connectivity index (χ1v) is 39.0. The highest BCUT2D eigenvalue weighted by molar-refractivity contribution is 5.71. The Bertz CT molecular complexity index is 2080. The lowest BCUT2D eigenvalue weighted by Gasteiger charge is -2.25. The van der Waals surface area contributed by atoms with Crippen molar-refractivity contribution in [2.75, 3.05) is 47.5 Å². The monoisotopic (exact) mass is 1320 g/mol. The molecule has 9 heteroatoms. The number of carboxylic acids is 1. The lowest BCUT2D eigenvalue weighted by atomic mass is 10.0. The summed E-state index contributed by atoms with van der Waals surface area (Å²) in [4.78, 5) is 37.7. The fraction of sp³-hybridized carbons (Fsp3) is 0.686. The summed E-state index contributed by atoms with van der Waals surface area (Å²) >= 11 is 0. The standard InChI is InChI=1S/C86H145NO8/c1-6-8-10-12-14-16-18-20-22-24-26-28-30-32-34-36-38-40-41-42-43-45-46-48-50-52-54-56-58-60-62-64-66-68-70-72-74-76-83(88)93-80-82(81-94-86(85(90)91)92-79-78-87(3,4)5)95-84(89)77-75-73-71-69-67-65-63-61-59-57-55-53-51-49-47-44-39-37-35-33-31-29-27-25-23-21-19-17-15-13-11-9-7-2/h8-11,14-17,20-23,26-29,32-35,39,44,49,51,82,86H,6-7,12-13,18-19,24-25,30-31,36-38,40-43,45-48,50,52-81H2,1-5H3/p+1/b10-8-,11-9-,16-14-,17-15-,22-20-,23-21-,28-26-,29-27-,34-32-,35-33-,44-39-,51-49-. The smallest absolute Gasteiger partial charge is 0.361 e. The van der Waals surface area contributed by atoms with Gasteiger partial charge in [-0.15, -0.1) is 0 Å². The van der Waals surface area contributed by atoms with Gasteiger partial charge in [0.05, 0.1) is 34.4 Å². The first kappa shape index (κ1) is 90.2. The van der Waals surface area contributed by atoms with E-state index in [2.05, 4.69) is 160 Å². The van der Waals surface area contributed by atoms with Gasteiger partial charge in [0, 0.05) is 12.8 Å². The normalized spacial score (nSPS) is 13.5. The van der Waals surface area contributed by atoms with Crippen molar-refractivity contribution in [2.45, 2.75) is 334 Å². The summed E-state index contributed by atoms with van der Waals surface area (Å²) in [5.41, 5.74) is 0. The molecule has 2 unspecified atom stereocenters. The Morgan fingerprint density at radius 2 is 0.568 bits per heavy atom. The van der Waals surface area contributed by atoms with Crippen LogP contribution < -0.4 is 0 Å². The molecular weight excluding hydrogens is 1170 g/mol. The highest BCUT2D eigenvalue weighted by Crippen LogP contribution is 2.18. The number of quaternary nitrogens is 1. The lowest BCUT2D eigenvalue weighted by molar-refractivity contribution is -0.870. The van der Waals surface area contributed by atoms with E-state index in [4.69, 9.17) is 18.9 Å². The van der Waals surface area contributed by atoms with Crippen LogP contribution in [-0.2, 0) is 33.3 Å². The SMILES string of the molecule is CC/C=C\C/C=C\C/C=C\C/C=C\C/C=C\C/C=C\C/C=C\CCCCCCCCCCCCCC(=O)OC(COC(=O)CCCCCCCCCCCCCCCCCCCCCCC/C=C\C/C=C\C/C=C\C/C=C\C/C=C\CC)COC(OCC[N+](C)(C)C)C(=O)O. The molecule has 542 valence electrons. The van der Waals surface area contributed by atoms with Crippen LogP contribution in [0.15, 0.2) is 146 Å². The van der Waals surface area contributed by atoms with E-state index in [-0.39, 0.29) is 32.2 Å². The molecule has 0 rings (SSSR count). The summed E-state index contributed by atoms with van der Waals surface area (Å²) in [6.07, 6.45) is 107. The molecule has 0 saturated heterocycles. The third-order valence-electron chi connectivity index (χ3n) is 16.6. The molecule has 0 aliphatic heterocycles. The molecule has 0 aromatic heterocycles. The minimum absolute atomic E-state index is 0.183. The van der Waals surface area contributed by atoms with Crippen LogP contribution in [0, 0.1) is 0 Å². The Kier molecular flexibility index (Phi) is 71.1. The Morgan fingerprint density at radius 3 is 0.842 bits per heavy atom. The van der Waals surface area contributed by atoms with Crippen LogP contribution in [0.2, 0.25) is 0 Å². The van der Waals surface area contributed by atoms with E-state index < -0.39 is 24.3 Å². The molecule has 0 heterocycles. The highest BCUT2D eigenvalue weighted by Gasteiger charge is 2.25. The van der Waals surface area contributed by atoms with Gasteiger partial charge in [0.1, 0.15) is 13.2 Å². The fourth-order valence-electron chi connectivity index (χ4n) is 10.7. The molecule has 0 fully saturated rings. The van der Waals surface area contributed by atoms with E-state index in [0.29, 0.717) is 23.9 Å². The van der Waals surface area contributed by atoms with Gasteiger partial charge in [0.2, 0.25) is 0 Å². The Morgan fingerprint density at radius 1 is 0.316 bits per heavy atom. The number of aliphatic carboxylic acids is 1. The maximum atomic E-state index is 13.0. The molecule has 1 N–H and O–H groups in total. The van der Waals surface area contributed by atoms with Crippen molar-refractivity contribution in [3.8, 4) is 0 Å². The van der Waals surface area contributed by atoms with Gasteiger partial charge >= 0.3 is 17.9 Å². The average Bonchev–Trinajstić information content (AvgIpc) is 3.75. The fourth-order valence-corrected chi connectivity index (χ4v) is 10.7. The predicted molar refractivity (Wildman–Crippen MR) is 410 cm³/mol. The zero-order valence-electron chi connectivity index (χ0n) is 62.0. The number of carbonyl (C=O) groups is 3. The van der Waals surface area contributed by atoms with Crippen molar-refractivity contribution in [2.24, 2.45) is 0 Å². The predicted octanol–water partition coefficient (Wildman–Crippen LogP) is 25.0. The highest BCUT2D eigenvalue weighted by atomic mass is 16.7. The molecule has 95 heavy (non-hydrogen) atoms. The van der Waals surface area contributed by atoms with E-state index >= 15 is 0 Å². The Labute approximate surface area is 585 Å². The average molecular weight is 1320 g/mol. The first-order chi connectivity index (χ1) is 46.6. The summed E-state index contributed by atoms with van der Waals surface area (Å²) in [5.74, 6) is -2.00. The maximum Gasteiger partial charge on any atom is 0.361 e. The van der Waals surface area contributed by atoms with E-state index in [1.54, 1.807) is 0 Å². The van der Waals surface area contributed by atoms with E-state index in [0.717, 1.165) is 122 Å².